The van der Waals surface area contributed by atoms with Crippen LogP contribution in [-0.4, -0.2) is 108 Å². The number of nitrogens with zero attached hydrogens (tertiary/aromatic N) is 3. The topological polar surface area (TPSA) is 190 Å². The summed E-state index contributed by atoms with van der Waals surface area (Å²) in [5.41, 5.74) is -0.745. The van der Waals surface area contributed by atoms with Crippen molar-refractivity contribution in [1.29, 1.82) is 5.41 Å². The number of carbonyl (C=O) groups excluding carboxylic acids is 3. The molecule has 3 amide bonds. The van der Waals surface area contributed by atoms with Gasteiger partial charge in [-0.05, 0) is 69.4 Å². The second-order valence-electron chi connectivity index (χ2n) is 12.7. The maximum absolute atomic E-state index is 13.7. The zero-order chi connectivity index (χ0) is 33.8. The lowest BCUT2D eigenvalue weighted by atomic mass is 10.0. The van der Waals surface area contributed by atoms with Gasteiger partial charge in [0.15, 0.2) is 0 Å². The van der Waals surface area contributed by atoms with Crippen molar-refractivity contribution in [3.63, 3.8) is 0 Å². The van der Waals surface area contributed by atoms with E-state index >= 15 is 0 Å². The number of amides is 3. The van der Waals surface area contributed by atoms with Crippen LogP contribution in [0.1, 0.15) is 52.9 Å². The van der Waals surface area contributed by atoms with E-state index in [9.17, 15) is 32.7 Å². The SMILES string of the molecule is CN(C(=O)C[C@H](NS(=O)(=O)c1ccc2ccccc2c1)C(=O)N(CC(=O)O)C1CC1)[C@H]1CCCN(C(=N)NC(=O)OC(C)(C)C)C1. The van der Waals surface area contributed by atoms with Crippen LogP contribution >= 0.6 is 0 Å². The molecule has 2 aromatic rings. The third kappa shape index (κ3) is 9.16. The van der Waals surface area contributed by atoms with Gasteiger partial charge in [0, 0.05) is 32.2 Å². The van der Waals surface area contributed by atoms with E-state index in [1.807, 2.05) is 12.1 Å². The molecule has 1 saturated heterocycles. The number of likely N-dealkylation sites (N-methyl/N-ethyl adjacent to an activating group) is 1. The summed E-state index contributed by atoms with van der Waals surface area (Å²) < 4.78 is 34.8. The van der Waals surface area contributed by atoms with Crippen molar-refractivity contribution in [2.24, 2.45) is 0 Å². The Hall–Kier alpha value is -4.24. The van der Waals surface area contributed by atoms with Crippen molar-refractivity contribution in [3.05, 3.63) is 42.5 Å². The average molecular weight is 659 g/mol. The first-order valence-electron chi connectivity index (χ1n) is 15.2. The van der Waals surface area contributed by atoms with Gasteiger partial charge in [-0.3, -0.25) is 25.1 Å². The summed E-state index contributed by atoms with van der Waals surface area (Å²) in [5.74, 6) is -2.75. The second kappa shape index (κ2) is 14.0. The zero-order valence-corrected chi connectivity index (χ0v) is 27.3. The molecule has 2 aromatic carbocycles. The van der Waals surface area contributed by atoms with Gasteiger partial charge in [0.05, 0.1) is 11.3 Å². The highest BCUT2D eigenvalue weighted by Gasteiger charge is 2.40. The van der Waals surface area contributed by atoms with Gasteiger partial charge in [-0.1, -0.05) is 30.3 Å². The van der Waals surface area contributed by atoms with Crippen molar-refractivity contribution in [2.45, 2.75) is 81.5 Å². The molecule has 0 radical (unpaired) electrons. The smallest absolute Gasteiger partial charge is 0.414 e. The minimum atomic E-state index is -4.31. The fraction of sp³-hybridized carbons (Fsp3) is 0.516. The maximum atomic E-state index is 13.7. The monoisotopic (exact) mass is 658 g/mol. The van der Waals surface area contributed by atoms with Gasteiger partial charge in [-0.25, -0.2) is 13.2 Å². The van der Waals surface area contributed by atoms with Crippen molar-refractivity contribution in [2.75, 3.05) is 26.7 Å². The lowest BCUT2D eigenvalue weighted by Gasteiger charge is -2.39. The second-order valence-corrected chi connectivity index (χ2v) is 14.4. The standard InChI is InChI=1S/C31H42N6O8S/c1-31(2,3)45-30(42)33-29(32)36-15-7-10-23(18-36)35(4)26(38)17-25(28(41)37(19-27(39)40)22-12-13-22)34-46(43,44)24-14-11-20-8-5-6-9-21(20)16-24/h5-6,8-9,11,14,16,22-23,25,34H,7,10,12-13,15,17-19H2,1-4H3,(H,39,40)(H2,32,33,42)/t23-,25-/m0/s1. The van der Waals surface area contributed by atoms with E-state index in [0.29, 0.717) is 37.6 Å². The Morgan fingerprint density at radius 1 is 1.07 bits per heavy atom. The fourth-order valence-electron chi connectivity index (χ4n) is 5.36. The van der Waals surface area contributed by atoms with E-state index in [2.05, 4.69) is 10.0 Å². The number of guanidine groups is 1. The number of hydrogen-bond acceptors (Lipinski definition) is 8. The predicted molar refractivity (Wildman–Crippen MR) is 170 cm³/mol. The molecular formula is C31H42N6O8S. The molecule has 4 rings (SSSR count). The summed E-state index contributed by atoms with van der Waals surface area (Å²) in [6, 6.07) is 9.40. The van der Waals surface area contributed by atoms with E-state index in [1.54, 1.807) is 43.9 Å². The molecular weight excluding hydrogens is 616 g/mol. The normalized spacial score (nSPS) is 17.6. The summed E-state index contributed by atoms with van der Waals surface area (Å²) in [7, 11) is -2.77. The van der Waals surface area contributed by atoms with Crippen LogP contribution in [0.3, 0.4) is 0 Å². The number of fused-ring (bicyclic) bond motifs is 1. The highest BCUT2D eigenvalue weighted by Crippen LogP contribution is 2.28. The van der Waals surface area contributed by atoms with E-state index in [4.69, 9.17) is 10.1 Å². The number of carboxylic acids is 1. The molecule has 1 aliphatic carbocycles. The molecule has 4 N–H and O–H groups in total. The van der Waals surface area contributed by atoms with Crippen LogP contribution in [0, 0.1) is 5.41 Å². The first-order chi connectivity index (χ1) is 21.5. The number of carboxylic acid groups (broad SMARTS) is 1. The van der Waals surface area contributed by atoms with Crippen molar-refractivity contribution in [3.8, 4) is 0 Å². The van der Waals surface area contributed by atoms with Crippen LogP contribution in [0.25, 0.3) is 10.8 Å². The third-order valence-electron chi connectivity index (χ3n) is 7.86. The van der Waals surface area contributed by atoms with E-state index in [0.717, 1.165) is 10.3 Å². The number of benzene rings is 2. The van der Waals surface area contributed by atoms with E-state index in [1.165, 1.54) is 24.1 Å². The number of carbonyl (C=O) groups is 4. The Morgan fingerprint density at radius 2 is 1.74 bits per heavy atom. The molecule has 2 fully saturated rings. The molecule has 46 heavy (non-hydrogen) atoms. The first kappa shape index (κ1) is 34.6. The number of nitrogens with one attached hydrogen (secondary N) is 3. The number of sulfonamides is 1. The van der Waals surface area contributed by atoms with Gasteiger partial charge in [0.2, 0.25) is 27.8 Å². The third-order valence-corrected chi connectivity index (χ3v) is 9.32. The highest BCUT2D eigenvalue weighted by atomic mass is 32.2. The molecule has 14 nitrogen and oxygen atoms in total. The summed E-state index contributed by atoms with van der Waals surface area (Å²) in [5, 5.41) is 21.7. The van der Waals surface area contributed by atoms with Crippen molar-refractivity contribution >= 4 is 50.6 Å². The van der Waals surface area contributed by atoms with Gasteiger partial charge in [-0.2, -0.15) is 4.72 Å². The molecule has 1 aliphatic heterocycles. The van der Waals surface area contributed by atoms with E-state index in [-0.39, 0.29) is 23.4 Å². The van der Waals surface area contributed by atoms with Crippen LogP contribution < -0.4 is 10.0 Å². The fourth-order valence-corrected chi connectivity index (χ4v) is 6.59. The summed E-state index contributed by atoms with van der Waals surface area (Å²) in [6.07, 6.45) is 1.02. The minimum absolute atomic E-state index is 0.0973. The van der Waals surface area contributed by atoms with Gasteiger partial charge < -0.3 is 24.5 Å². The summed E-state index contributed by atoms with van der Waals surface area (Å²) in [6.45, 7) is 5.18. The number of alkyl carbamates (subject to hydrolysis) is 1. The molecule has 2 atom stereocenters. The highest BCUT2D eigenvalue weighted by molar-refractivity contribution is 7.89. The van der Waals surface area contributed by atoms with Crippen LogP contribution in [0.2, 0.25) is 0 Å². The van der Waals surface area contributed by atoms with Gasteiger partial charge >= 0.3 is 12.1 Å². The lowest BCUT2D eigenvalue weighted by Crippen LogP contribution is -2.56. The Kier molecular flexibility index (Phi) is 10.6. The van der Waals surface area contributed by atoms with Crippen LogP contribution in [0.4, 0.5) is 4.79 Å². The predicted octanol–water partition coefficient (Wildman–Crippen LogP) is 2.33. The van der Waals surface area contributed by atoms with Gasteiger partial charge in [0.25, 0.3) is 0 Å². The zero-order valence-electron chi connectivity index (χ0n) is 26.5. The maximum Gasteiger partial charge on any atom is 0.414 e. The minimum Gasteiger partial charge on any atom is -0.480 e. The molecule has 0 unspecified atom stereocenters. The molecule has 1 saturated carbocycles. The Labute approximate surface area is 268 Å². The lowest BCUT2D eigenvalue weighted by molar-refractivity contribution is -0.146. The first-order valence-corrected chi connectivity index (χ1v) is 16.6. The number of likely N-dealkylation sites (tertiary alicyclic amines) is 1. The van der Waals surface area contributed by atoms with Crippen molar-refractivity contribution < 1.29 is 37.4 Å². The quantitative estimate of drug-likeness (QED) is 0.219. The number of piperidine rings is 1. The van der Waals surface area contributed by atoms with Crippen LogP contribution in [-0.2, 0) is 29.1 Å². The Balaban J connectivity index is 1.51. The molecule has 15 heteroatoms. The van der Waals surface area contributed by atoms with Crippen LogP contribution in [0.15, 0.2) is 47.4 Å². The summed E-state index contributed by atoms with van der Waals surface area (Å²) >= 11 is 0. The average Bonchev–Trinajstić information content (AvgIpc) is 3.83. The molecule has 0 bridgehead atoms. The van der Waals surface area contributed by atoms with Gasteiger partial charge in [0.1, 0.15) is 18.2 Å². The molecule has 2 aliphatic rings. The Bertz CT molecular complexity index is 1600. The number of rotatable bonds is 10. The molecule has 1 heterocycles. The van der Waals surface area contributed by atoms with E-state index < -0.39 is 64.6 Å². The van der Waals surface area contributed by atoms with Crippen molar-refractivity contribution in [1.82, 2.24) is 24.7 Å². The molecule has 0 aromatic heterocycles. The number of hydrogen-bond donors (Lipinski definition) is 4. The summed E-state index contributed by atoms with van der Waals surface area (Å²) in [4.78, 5) is 55.2. The number of aliphatic carboxylic acids is 1. The number of ether oxygens (including phenoxy) is 1. The van der Waals surface area contributed by atoms with Gasteiger partial charge in [-0.15, -0.1) is 0 Å². The van der Waals surface area contributed by atoms with Crippen LogP contribution in [0.5, 0.6) is 0 Å². The Morgan fingerprint density at radius 3 is 2.37 bits per heavy atom. The molecule has 0 spiro atoms. The largest absolute Gasteiger partial charge is 0.480 e. The molecule has 250 valence electrons.